The quantitative estimate of drug-likeness (QED) is 0.643. The number of nitrogen functional groups attached to an aromatic ring is 1. The summed E-state index contributed by atoms with van der Waals surface area (Å²) in [7, 11) is 0. The molecule has 1 fully saturated rings. The summed E-state index contributed by atoms with van der Waals surface area (Å²) in [5.41, 5.74) is 8.87. The van der Waals surface area contributed by atoms with Gasteiger partial charge in [0.15, 0.2) is 0 Å². The second-order valence-electron chi connectivity index (χ2n) is 5.10. The van der Waals surface area contributed by atoms with Crippen LogP contribution in [-0.2, 0) is 4.74 Å². The van der Waals surface area contributed by atoms with E-state index in [1.54, 1.807) is 0 Å². The Balaban J connectivity index is 1.77. The normalized spacial score (nSPS) is 19.1. The van der Waals surface area contributed by atoms with Gasteiger partial charge in [0.05, 0.1) is 12.7 Å². The lowest BCUT2D eigenvalue weighted by atomic mass is 10.1. The van der Waals surface area contributed by atoms with E-state index in [0.29, 0.717) is 6.10 Å². The summed E-state index contributed by atoms with van der Waals surface area (Å²) in [6.07, 6.45) is 5.03. The molecule has 1 aromatic rings. The zero-order valence-corrected chi connectivity index (χ0v) is 11.4. The zero-order valence-electron chi connectivity index (χ0n) is 11.4. The molecule has 1 saturated heterocycles. The van der Waals surface area contributed by atoms with Crippen molar-refractivity contribution in [1.82, 2.24) is 0 Å². The first-order chi connectivity index (χ1) is 8.66. The van der Waals surface area contributed by atoms with Crippen molar-refractivity contribution < 1.29 is 9.47 Å². The van der Waals surface area contributed by atoms with Gasteiger partial charge in [0.25, 0.3) is 0 Å². The summed E-state index contributed by atoms with van der Waals surface area (Å²) in [6, 6.07) is 4.00. The molecule has 1 heterocycles. The number of aryl methyl sites for hydroxylation is 2. The highest BCUT2D eigenvalue weighted by Gasteiger charge is 2.14. The van der Waals surface area contributed by atoms with E-state index in [0.717, 1.165) is 48.6 Å². The van der Waals surface area contributed by atoms with E-state index in [9.17, 15) is 0 Å². The second-order valence-corrected chi connectivity index (χ2v) is 5.10. The van der Waals surface area contributed by atoms with Crippen LogP contribution in [0.2, 0.25) is 0 Å². The molecule has 0 saturated carbocycles. The molecule has 1 aliphatic heterocycles. The van der Waals surface area contributed by atoms with Crippen molar-refractivity contribution in [2.75, 3.05) is 18.9 Å². The van der Waals surface area contributed by atoms with Gasteiger partial charge in [-0.15, -0.1) is 0 Å². The standard InChI is InChI=1S/C15H23NO2/c1-11-10-15(12(2)9-14(11)16)18-8-4-6-13-5-3-7-17-13/h9-10,13H,3-8,16H2,1-2H3. The van der Waals surface area contributed by atoms with Crippen molar-refractivity contribution in [1.29, 1.82) is 0 Å². The molecule has 0 spiro atoms. The maximum atomic E-state index is 5.85. The maximum absolute atomic E-state index is 5.85. The molecule has 3 heteroatoms. The predicted molar refractivity (Wildman–Crippen MR) is 74.0 cm³/mol. The van der Waals surface area contributed by atoms with Gasteiger partial charge >= 0.3 is 0 Å². The summed E-state index contributed by atoms with van der Waals surface area (Å²) >= 11 is 0. The van der Waals surface area contributed by atoms with Gasteiger partial charge < -0.3 is 15.2 Å². The van der Waals surface area contributed by atoms with Crippen LogP contribution < -0.4 is 10.5 Å². The topological polar surface area (TPSA) is 44.5 Å². The Morgan fingerprint density at radius 2 is 2.17 bits per heavy atom. The largest absolute Gasteiger partial charge is 0.493 e. The van der Waals surface area contributed by atoms with Gasteiger partial charge in [-0.25, -0.2) is 0 Å². The van der Waals surface area contributed by atoms with Crippen LogP contribution in [0.5, 0.6) is 5.75 Å². The Hall–Kier alpha value is -1.22. The summed E-state index contributed by atoms with van der Waals surface area (Å²) in [5.74, 6) is 0.953. The molecule has 18 heavy (non-hydrogen) atoms. The average molecular weight is 249 g/mol. The van der Waals surface area contributed by atoms with E-state index in [1.165, 1.54) is 12.8 Å². The first kappa shape index (κ1) is 13.2. The summed E-state index contributed by atoms with van der Waals surface area (Å²) in [6.45, 7) is 5.73. The van der Waals surface area contributed by atoms with Gasteiger partial charge in [-0.3, -0.25) is 0 Å². The minimum absolute atomic E-state index is 0.461. The van der Waals surface area contributed by atoms with Crippen molar-refractivity contribution in [3.8, 4) is 5.75 Å². The molecule has 0 bridgehead atoms. The Bertz CT molecular complexity index is 398. The zero-order chi connectivity index (χ0) is 13.0. The average Bonchev–Trinajstić information content (AvgIpc) is 2.84. The third-order valence-corrected chi connectivity index (χ3v) is 3.52. The van der Waals surface area contributed by atoms with E-state index < -0.39 is 0 Å². The van der Waals surface area contributed by atoms with Crippen molar-refractivity contribution in [3.05, 3.63) is 23.3 Å². The van der Waals surface area contributed by atoms with Crippen LogP contribution in [0, 0.1) is 13.8 Å². The molecule has 100 valence electrons. The van der Waals surface area contributed by atoms with Gasteiger partial charge in [-0.05, 0) is 62.8 Å². The molecule has 2 rings (SSSR count). The van der Waals surface area contributed by atoms with Crippen molar-refractivity contribution >= 4 is 5.69 Å². The molecule has 3 nitrogen and oxygen atoms in total. The molecule has 0 aromatic heterocycles. The van der Waals surface area contributed by atoms with Gasteiger partial charge in [-0.1, -0.05) is 0 Å². The summed E-state index contributed by atoms with van der Waals surface area (Å²) < 4.78 is 11.4. The van der Waals surface area contributed by atoms with Crippen LogP contribution in [-0.4, -0.2) is 19.3 Å². The number of nitrogens with two attached hydrogens (primary N) is 1. The number of benzene rings is 1. The fraction of sp³-hybridized carbons (Fsp3) is 0.600. The molecule has 2 N–H and O–H groups in total. The highest BCUT2D eigenvalue weighted by molar-refractivity contribution is 5.53. The lowest BCUT2D eigenvalue weighted by molar-refractivity contribution is 0.0981. The fourth-order valence-electron chi connectivity index (χ4n) is 2.33. The number of ether oxygens (including phenoxy) is 2. The number of hydrogen-bond acceptors (Lipinski definition) is 3. The minimum atomic E-state index is 0.461. The molecular formula is C15H23NO2. The Labute approximate surface area is 109 Å². The van der Waals surface area contributed by atoms with Gasteiger partial charge in [-0.2, -0.15) is 0 Å². The van der Waals surface area contributed by atoms with Crippen LogP contribution in [0.1, 0.15) is 36.8 Å². The van der Waals surface area contributed by atoms with Crippen LogP contribution in [0.25, 0.3) is 0 Å². The summed E-state index contributed by atoms with van der Waals surface area (Å²) in [4.78, 5) is 0. The number of anilines is 1. The first-order valence-electron chi connectivity index (χ1n) is 6.78. The van der Waals surface area contributed by atoms with Crippen molar-refractivity contribution in [3.63, 3.8) is 0 Å². The summed E-state index contributed by atoms with van der Waals surface area (Å²) in [5, 5.41) is 0. The smallest absolute Gasteiger partial charge is 0.122 e. The van der Waals surface area contributed by atoms with E-state index in [2.05, 4.69) is 0 Å². The molecule has 0 amide bonds. The SMILES string of the molecule is Cc1cc(OCCCC2CCCO2)c(C)cc1N. The number of rotatable bonds is 5. The third-order valence-electron chi connectivity index (χ3n) is 3.52. The second kappa shape index (κ2) is 6.10. The lowest BCUT2D eigenvalue weighted by Crippen LogP contribution is -2.08. The predicted octanol–water partition coefficient (Wildman–Crippen LogP) is 3.22. The fourth-order valence-corrected chi connectivity index (χ4v) is 2.33. The third kappa shape index (κ3) is 3.39. The molecular weight excluding hydrogens is 226 g/mol. The Kier molecular flexibility index (Phi) is 4.48. The van der Waals surface area contributed by atoms with Gasteiger partial charge in [0.1, 0.15) is 5.75 Å². The van der Waals surface area contributed by atoms with Crippen molar-refractivity contribution in [2.45, 2.75) is 45.6 Å². The molecule has 0 aliphatic carbocycles. The Morgan fingerprint density at radius 1 is 1.33 bits per heavy atom. The highest BCUT2D eigenvalue weighted by Crippen LogP contribution is 2.24. The molecule has 1 unspecified atom stereocenters. The van der Waals surface area contributed by atoms with E-state index >= 15 is 0 Å². The van der Waals surface area contributed by atoms with Crippen LogP contribution >= 0.6 is 0 Å². The number of hydrogen-bond donors (Lipinski definition) is 1. The van der Waals surface area contributed by atoms with Gasteiger partial charge in [0.2, 0.25) is 0 Å². The first-order valence-corrected chi connectivity index (χ1v) is 6.78. The van der Waals surface area contributed by atoms with Crippen LogP contribution in [0.4, 0.5) is 5.69 Å². The molecule has 0 radical (unpaired) electrons. The van der Waals surface area contributed by atoms with Gasteiger partial charge in [0, 0.05) is 12.3 Å². The van der Waals surface area contributed by atoms with Crippen molar-refractivity contribution in [2.24, 2.45) is 0 Å². The van der Waals surface area contributed by atoms with E-state index in [4.69, 9.17) is 15.2 Å². The molecule has 1 aliphatic rings. The maximum Gasteiger partial charge on any atom is 0.122 e. The van der Waals surface area contributed by atoms with E-state index in [-0.39, 0.29) is 0 Å². The lowest BCUT2D eigenvalue weighted by Gasteiger charge is -2.13. The van der Waals surface area contributed by atoms with Crippen LogP contribution in [0.3, 0.4) is 0 Å². The van der Waals surface area contributed by atoms with Crippen LogP contribution in [0.15, 0.2) is 12.1 Å². The molecule has 1 atom stereocenters. The monoisotopic (exact) mass is 249 g/mol. The van der Waals surface area contributed by atoms with E-state index in [1.807, 2.05) is 26.0 Å². The Morgan fingerprint density at radius 3 is 2.89 bits per heavy atom. The highest BCUT2D eigenvalue weighted by atomic mass is 16.5. The minimum Gasteiger partial charge on any atom is -0.493 e. The molecule has 1 aromatic carbocycles.